The van der Waals surface area contributed by atoms with Crippen LogP contribution in [0.15, 0.2) is 28.7 Å². The summed E-state index contributed by atoms with van der Waals surface area (Å²) in [5.41, 5.74) is 1.41. The Bertz CT molecular complexity index is 356. The van der Waals surface area contributed by atoms with Crippen molar-refractivity contribution in [2.24, 2.45) is 0 Å². The molecule has 1 fully saturated rings. The van der Waals surface area contributed by atoms with E-state index in [1.54, 1.807) is 0 Å². The molecule has 94 valence electrons. The zero-order chi connectivity index (χ0) is 12.1. The molecule has 0 aliphatic carbocycles. The molecule has 0 saturated carbocycles. The maximum atomic E-state index is 5.54. The van der Waals surface area contributed by atoms with Gasteiger partial charge >= 0.3 is 0 Å². The van der Waals surface area contributed by atoms with E-state index in [1.807, 2.05) is 0 Å². The molecule has 0 N–H and O–H groups in total. The molecule has 1 aromatic rings. The van der Waals surface area contributed by atoms with Crippen molar-refractivity contribution in [1.82, 2.24) is 4.90 Å². The average molecular weight is 298 g/mol. The van der Waals surface area contributed by atoms with Crippen LogP contribution < -0.4 is 0 Å². The Morgan fingerprint density at radius 2 is 2.24 bits per heavy atom. The van der Waals surface area contributed by atoms with Crippen molar-refractivity contribution >= 4 is 15.9 Å². The van der Waals surface area contributed by atoms with Gasteiger partial charge in [0.05, 0.1) is 12.7 Å². The van der Waals surface area contributed by atoms with Gasteiger partial charge in [-0.25, -0.2) is 0 Å². The van der Waals surface area contributed by atoms with Gasteiger partial charge in [-0.2, -0.15) is 0 Å². The van der Waals surface area contributed by atoms with Crippen molar-refractivity contribution in [3.05, 3.63) is 34.3 Å². The van der Waals surface area contributed by atoms with E-state index in [1.165, 1.54) is 23.0 Å². The molecule has 1 aliphatic heterocycles. The van der Waals surface area contributed by atoms with E-state index in [0.717, 1.165) is 26.1 Å². The quantitative estimate of drug-likeness (QED) is 0.847. The molecule has 17 heavy (non-hydrogen) atoms. The van der Waals surface area contributed by atoms with Crippen molar-refractivity contribution in [2.45, 2.75) is 25.9 Å². The first-order chi connectivity index (χ1) is 8.25. The second kappa shape index (κ2) is 6.53. The van der Waals surface area contributed by atoms with Crippen LogP contribution in [0.25, 0.3) is 0 Å². The Morgan fingerprint density at radius 1 is 1.41 bits per heavy atom. The summed E-state index contributed by atoms with van der Waals surface area (Å²) in [4.78, 5) is 2.50. The van der Waals surface area contributed by atoms with Crippen LogP contribution in [0.5, 0.6) is 0 Å². The Balaban J connectivity index is 1.74. The lowest BCUT2D eigenvalue weighted by Crippen LogP contribution is -2.41. The van der Waals surface area contributed by atoms with Gasteiger partial charge in [-0.3, -0.25) is 4.90 Å². The molecule has 2 rings (SSSR count). The lowest BCUT2D eigenvalue weighted by atomic mass is 10.1. The number of rotatable bonds is 4. The first-order valence-electron chi connectivity index (χ1n) is 6.33. The number of hydrogen-bond acceptors (Lipinski definition) is 2. The molecular formula is C14H20BrNO. The monoisotopic (exact) mass is 297 g/mol. The standard InChI is InChI=1S/C14H20BrNO/c1-12-11-16(9-10-17-12)8-4-6-13-5-2-3-7-14(13)15/h2-3,5,7,12H,4,6,8-11H2,1H3. The van der Waals surface area contributed by atoms with Crippen LogP contribution >= 0.6 is 15.9 Å². The van der Waals surface area contributed by atoms with E-state index >= 15 is 0 Å². The van der Waals surface area contributed by atoms with Crippen molar-refractivity contribution in [3.63, 3.8) is 0 Å². The van der Waals surface area contributed by atoms with Gasteiger partial charge in [0.1, 0.15) is 0 Å². The third kappa shape index (κ3) is 4.09. The number of aryl methyl sites for hydroxylation is 1. The summed E-state index contributed by atoms with van der Waals surface area (Å²) < 4.78 is 6.77. The molecule has 1 aromatic carbocycles. The first-order valence-corrected chi connectivity index (χ1v) is 7.12. The van der Waals surface area contributed by atoms with E-state index in [9.17, 15) is 0 Å². The topological polar surface area (TPSA) is 12.5 Å². The third-order valence-electron chi connectivity index (χ3n) is 3.20. The average Bonchev–Trinajstić information content (AvgIpc) is 2.32. The molecule has 1 aliphatic rings. The van der Waals surface area contributed by atoms with Gasteiger partial charge in [0.2, 0.25) is 0 Å². The maximum absolute atomic E-state index is 5.54. The fraction of sp³-hybridized carbons (Fsp3) is 0.571. The second-order valence-corrected chi connectivity index (χ2v) is 5.53. The van der Waals surface area contributed by atoms with Gasteiger partial charge in [0.25, 0.3) is 0 Å². The minimum absolute atomic E-state index is 0.396. The summed E-state index contributed by atoms with van der Waals surface area (Å²) >= 11 is 3.60. The third-order valence-corrected chi connectivity index (χ3v) is 3.98. The summed E-state index contributed by atoms with van der Waals surface area (Å²) in [5, 5.41) is 0. The smallest absolute Gasteiger partial charge is 0.0674 e. The summed E-state index contributed by atoms with van der Waals surface area (Å²) in [6, 6.07) is 8.49. The van der Waals surface area contributed by atoms with E-state index in [-0.39, 0.29) is 0 Å². The van der Waals surface area contributed by atoms with Crippen molar-refractivity contribution in [1.29, 1.82) is 0 Å². The molecule has 1 atom stereocenters. The Hall–Kier alpha value is -0.380. The molecule has 1 saturated heterocycles. The zero-order valence-electron chi connectivity index (χ0n) is 10.4. The molecule has 0 aromatic heterocycles. The number of benzene rings is 1. The van der Waals surface area contributed by atoms with E-state index in [2.05, 4.69) is 52.0 Å². The van der Waals surface area contributed by atoms with Crippen molar-refractivity contribution in [2.75, 3.05) is 26.2 Å². The van der Waals surface area contributed by atoms with Crippen LogP contribution in [-0.2, 0) is 11.2 Å². The molecule has 2 nitrogen and oxygen atoms in total. The van der Waals surface area contributed by atoms with Crippen LogP contribution in [0.4, 0.5) is 0 Å². The predicted octanol–water partition coefficient (Wildman–Crippen LogP) is 3.10. The van der Waals surface area contributed by atoms with Crippen molar-refractivity contribution < 1.29 is 4.74 Å². The highest BCUT2D eigenvalue weighted by molar-refractivity contribution is 9.10. The minimum atomic E-state index is 0.396. The highest BCUT2D eigenvalue weighted by Crippen LogP contribution is 2.17. The fourth-order valence-corrected chi connectivity index (χ4v) is 2.77. The minimum Gasteiger partial charge on any atom is -0.376 e. The molecule has 0 bridgehead atoms. The number of halogens is 1. The number of morpholine rings is 1. The summed E-state index contributed by atoms with van der Waals surface area (Å²) in [6.45, 7) is 6.38. The molecule has 0 radical (unpaired) electrons. The van der Waals surface area contributed by atoms with E-state index < -0.39 is 0 Å². The van der Waals surface area contributed by atoms with Gasteiger partial charge < -0.3 is 4.74 Å². The van der Waals surface area contributed by atoms with Gasteiger partial charge in [-0.05, 0) is 37.9 Å². The maximum Gasteiger partial charge on any atom is 0.0674 e. The Kier molecular flexibility index (Phi) is 5.01. The van der Waals surface area contributed by atoms with Crippen LogP contribution in [0.1, 0.15) is 18.9 Å². The highest BCUT2D eigenvalue weighted by Gasteiger charge is 2.15. The van der Waals surface area contributed by atoms with Gasteiger partial charge in [-0.1, -0.05) is 34.1 Å². The van der Waals surface area contributed by atoms with Crippen LogP contribution in [0.2, 0.25) is 0 Å². The summed E-state index contributed by atoms with van der Waals surface area (Å²) in [6.07, 6.45) is 2.76. The molecular weight excluding hydrogens is 278 g/mol. The Morgan fingerprint density at radius 3 is 3.00 bits per heavy atom. The Labute approximate surface area is 112 Å². The first kappa shape index (κ1) is 13.1. The van der Waals surface area contributed by atoms with Crippen LogP contribution in [0.3, 0.4) is 0 Å². The number of nitrogens with zero attached hydrogens (tertiary/aromatic N) is 1. The van der Waals surface area contributed by atoms with Gasteiger partial charge in [0.15, 0.2) is 0 Å². The lowest BCUT2D eigenvalue weighted by molar-refractivity contribution is -0.0184. The molecule has 0 amide bonds. The molecule has 0 spiro atoms. The summed E-state index contributed by atoms with van der Waals surface area (Å²) in [7, 11) is 0. The summed E-state index contributed by atoms with van der Waals surface area (Å²) in [5.74, 6) is 0. The normalized spacial score (nSPS) is 21.6. The molecule has 3 heteroatoms. The lowest BCUT2D eigenvalue weighted by Gasteiger charge is -2.31. The predicted molar refractivity (Wildman–Crippen MR) is 74.3 cm³/mol. The molecule has 1 unspecified atom stereocenters. The van der Waals surface area contributed by atoms with Crippen molar-refractivity contribution in [3.8, 4) is 0 Å². The fourth-order valence-electron chi connectivity index (χ4n) is 2.29. The van der Waals surface area contributed by atoms with Crippen LogP contribution in [-0.4, -0.2) is 37.2 Å². The number of hydrogen-bond donors (Lipinski definition) is 0. The van der Waals surface area contributed by atoms with E-state index in [4.69, 9.17) is 4.74 Å². The van der Waals surface area contributed by atoms with Crippen LogP contribution in [0, 0.1) is 0 Å². The zero-order valence-corrected chi connectivity index (χ0v) is 11.9. The van der Waals surface area contributed by atoms with Gasteiger partial charge in [0, 0.05) is 17.6 Å². The van der Waals surface area contributed by atoms with Gasteiger partial charge in [-0.15, -0.1) is 0 Å². The number of ether oxygens (including phenoxy) is 1. The SMILES string of the molecule is CC1CN(CCCc2ccccc2Br)CCO1. The largest absolute Gasteiger partial charge is 0.376 e. The van der Waals surface area contributed by atoms with E-state index in [0.29, 0.717) is 6.10 Å². The molecule has 1 heterocycles. The second-order valence-electron chi connectivity index (χ2n) is 4.68. The highest BCUT2D eigenvalue weighted by atomic mass is 79.9.